The molecule has 13 heavy (non-hydrogen) atoms. The van der Waals surface area contributed by atoms with Crippen LogP contribution in [-0.4, -0.2) is 12.1 Å². The van der Waals surface area contributed by atoms with Crippen LogP contribution >= 0.6 is 0 Å². The Labute approximate surface area is 81.3 Å². The Kier molecular flexibility index (Phi) is 2.98. The van der Waals surface area contributed by atoms with Gasteiger partial charge in [0, 0.05) is 5.54 Å². The lowest BCUT2D eigenvalue weighted by Crippen LogP contribution is -2.29. The van der Waals surface area contributed by atoms with Gasteiger partial charge in [-0.3, -0.25) is 0 Å². The second kappa shape index (κ2) is 3.67. The van der Waals surface area contributed by atoms with Crippen LogP contribution in [0.15, 0.2) is 0 Å². The van der Waals surface area contributed by atoms with Crippen molar-refractivity contribution in [2.45, 2.75) is 52.0 Å². The normalized spacial score (nSPS) is 19.5. The molecule has 0 unspecified atom stereocenters. The van der Waals surface area contributed by atoms with Crippen LogP contribution in [0.5, 0.6) is 0 Å². The highest BCUT2D eigenvalue weighted by atomic mass is 15.0. The van der Waals surface area contributed by atoms with Gasteiger partial charge in [-0.1, -0.05) is 0 Å². The third-order valence-corrected chi connectivity index (χ3v) is 2.83. The van der Waals surface area contributed by atoms with E-state index < -0.39 is 0 Å². The minimum atomic E-state index is -0.147. The second-order valence-corrected chi connectivity index (χ2v) is 5.09. The number of hydrogen-bond acceptors (Lipinski definition) is 2. The number of nitrogens with one attached hydrogen (secondary N) is 1. The summed E-state index contributed by atoms with van der Waals surface area (Å²) in [6.45, 7) is 7.34. The predicted octanol–water partition coefficient (Wildman–Crippen LogP) is 2.46. The lowest BCUT2D eigenvalue weighted by molar-refractivity contribution is 0.412. The molecular formula is C11H20N2. The van der Waals surface area contributed by atoms with Crippen LogP contribution in [0.25, 0.3) is 0 Å². The van der Waals surface area contributed by atoms with Crippen molar-refractivity contribution in [2.24, 2.45) is 5.41 Å². The molecule has 0 aromatic rings. The Morgan fingerprint density at radius 1 is 1.46 bits per heavy atom. The molecule has 0 aromatic carbocycles. The highest BCUT2D eigenvalue weighted by Crippen LogP contribution is 2.34. The standard InChI is InChI=1S/C11H20N2/c1-10(2,9-12)5-4-8-13-11(3)6-7-11/h13H,4-8H2,1-3H3. The zero-order chi connectivity index (χ0) is 9.95. The molecule has 0 bridgehead atoms. The van der Waals surface area contributed by atoms with Crippen LogP contribution in [0.4, 0.5) is 0 Å². The van der Waals surface area contributed by atoms with E-state index in [9.17, 15) is 0 Å². The Morgan fingerprint density at radius 2 is 2.08 bits per heavy atom. The Bertz CT molecular complexity index is 209. The summed E-state index contributed by atoms with van der Waals surface area (Å²) < 4.78 is 0. The van der Waals surface area contributed by atoms with Gasteiger partial charge in [-0.05, 0) is 53.0 Å². The van der Waals surface area contributed by atoms with Gasteiger partial charge < -0.3 is 5.32 Å². The average Bonchev–Trinajstić information content (AvgIpc) is 2.79. The first kappa shape index (κ1) is 10.5. The summed E-state index contributed by atoms with van der Waals surface area (Å²) in [6, 6.07) is 2.33. The zero-order valence-corrected chi connectivity index (χ0v) is 8.98. The predicted molar refractivity (Wildman–Crippen MR) is 54.3 cm³/mol. The lowest BCUT2D eigenvalue weighted by Gasteiger charge is -2.16. The Hall–Kier alpha value is -0.550. The molecule has 1 aliphatic carbocycles. The molecule has 0 heterocycles. The van der Waals surface area contributed by atoms with Crippen LogP contribution in [0, 0.1) is 16.7 Å². The summed E-state index contributed by atoms with van der Waals surface area (Å²) in [5, 5.41) is 12.3. The van der Waals surface area contributed by atoms with Gasteiger partial charge in [0.1, 0.15) is 0 Å². The van der Waals surface area contributed by atoms with Gasteiger partial charge in [0.15, 0.2) is 0 Å². The monoisotopic (exact) mass is 180 g/mol. The van der Waals surface area contributed by atoms with E-state index in [4.69, 9.17) is 5.26 Å². The molecule has 0 aromatic heterocycles. The molecule has 1 N–H and O–H groups in total. The third-order valence-electron chi connectivity index (χ3n) is 2.83. The van der Waals surface area contributed by atoms with Crippen molar-refractivity contribution in [3.05, 3.63) is 0 Å². The van der Waals surface area contributed by atoms with E-state index in [1.54, 1.807) is 0 Å². The third kappa shape index (κ3) is 3.78. The molecule has 1 rings (SSSR count). The van der Waals surface area contributed by atoms with Gasteiger partial charge in [0.05, 0.1) is 11.5 Å². The van der Waals surface area contributed by atoms with Crippen LogP contribution in [0.3, 0.4) is 0 Å². The van der Waals surface area contributed by atoms with Crippen molar-refractivity contribution in [3.63, 3.8) is 0 Å². The summed E-state index contributed by atoms with van der Waals surface area (Å²) in [5.41, 5.74) is 0.295. The van der Waals surface area contributed by atoms with Crippen LogP contribution in [-0.2, 0) is 0 Å². The maximum atomic E-state index is 8.80. The molecular weight excluding hydrogens is 160 g/mol. The van der Waals surface area contributed by atoms with Crippen LogP contribution in [0.2, 0.25) is 0 Å². The summed E-state index contributed by atoms with van der Waals surface area (Å²) in [7, 11) is 0. The molecule has 0 aliphatic heterocycles. The summed E-state index contributed by atoms with van der Waals surface area (Å²) in [6.07, 6.45) is 4.73. The quantitative estimate of drug-likeness (QED) is 0.660. The van der Waals surface area contributed by atoms with Gasteiger partial charge in [-0.25, -0.2) is 0 Å². The van der Waals surface area contributed by atoms with E-state index in [0.717, 1.165) is 19.4 Å². The van der Waals surface area contributed by atoms with E-state index in [1.807, 2.05) is 13.8 Å². The average molecular weight is 180 g/mol. The number of rotatable bonds is 5. The minimum Gasteiger partial charge on any atom is -0.312 e. The maximum absolute atomic E-state index is 8.80. The van der Waals surface area contributed by atoms with E-state index in [-0.39, 0.29) is 5.41 Å². The second-order valence-electron chi connectivity index (χ2n) is 5.09. The largest absolute Gasteiger partial charge is 0.312 e. The molecule has 2 nitrogen and oxygen atoms in total. The lowest BCUT2D eigenvalue weighted by atomic mass is 9.90. The van der Waals surface area contributed by atoms with Gasteiger partial charge >= 0.3 is 0 Å². The van der Waals surface area contributed by atoms with Crippen molar-refractivity contribution in [2.75, 3.05) is 6.54 Å². The summed E-state index contributed by atoms with van der Waals surface area (Å²) >= 11 is 0. The minimum absolute atomic E-state index is 0.147. The van der Waals surface area contributed by atoms with E-state index >= 15 is 0 Å². The molecule has 1 aliphatic rings. The fraction of sp³-hybridized carbons (Fsp3) is 0.909. The van der Waals surface area contributed by atoms with Crippen molar-refractivity contribution in [1.82, 2.24) is 5.32 Å². The first-order valence-corrected chi connectivity index (χ1v) is 5.14. The van der Waals surface area contributed by atoms with Gasteiger partial charge in [0.25, 0.3) is 0 Å². The van der Waals surface area contributed by atoms with Crippen molar-refractivity contribution < 1.29 is 0 Å². The van der Waals surface area contributed by atoms with Crippen molar-refractivity contribution in [3.8, 4) is 6.07 Å². The fourth-order valence-corrected chi connectivity index (χ4v) is 1.34. The first-order chi connectivity index (χ1) is 5.97. The zero-order valence-electron chi connectivity index (χ0n) is 8.98. The summed E-state index contributed by atoms with van der Waals surface area (Å²) in [4.78, 5) is 0. The molecule has 0 spiro atoms. The van der Waals surface area contributed by atoms with Crippen LogP contribution < -0.4 is 5.32 Å². The van der Waals surface area contributed by atoms with Crippen LogP contribution in [0.1, 0.15) is 46.5 Å². The number of nitriles is 1. The smallest absolute Gasteiger partial charge is 0.0683 e. The highest BCUT2D eigenvalue weighted by Gasteiger charge is 2.36. The van der Waals surface area contributed by atoms with Gasteiger partial charge in [0.2, 0.25) is 0 Å². The molecule has 1 fully saturated rings. The first-order valence-electron chi connectivity index (χ1n) is 5.14. The SMILES string of the molecule is CC(C)(C#N)CCCNC1(C)CC1. The maximum Gasteiger partial charge on any atom is 0.0683 e. The molecule has 0 atom stereocenters. The summed E-state index contributed by atoms with van der Waals surface area (Å²) in [5.74, 6) is 0. The topological polar surface area (TPSA) is 35.8 Å². The Balaban J connectivity index is 2.05. The van der Waals surface area contributed by atoms with Crippen molar-refractivity contribution in [1.29, 1.82) is 5.26 Å². The fourth-order valence-electron chi connectivity index (χ4n) is 1.34. The molecule has 0 saturated heterocycles. The highest BCUT2D eigenvalue weighted by molar-refractivity contribution is 4.97. The number of nitrogens with zero attached hydrogens (tertiary/aromatic N) is 1. The van der Waals surface area contributed by atoms with E-state index in [2.05, 4.69) is 18.3 Å². The molecule has 2 heteroatoms. The van der Waals surface area contributed by atoms with E-state index in [1.165, 1.54) is 12.8 Å². The van der Waals surface area contributed by atoms with Gasteiger partial charge in [-0.2, -0.15) is 5.26 Å². The van der Waals surface area contributed by atoms with Crippen molar-refractivity contribution >= 4 is 0 Å². The molecule has 74 valence electrons. The van der Waals surface area contributed by atoms with E-state index in [0.29, 0.717) is 5.54 Å². The number of hydrogen-bond donors (Lipinski definition) is 1. The molecule has 1 saturated carbocycles. The molecule has 0 amide bonds. The van der Waals surface area contributed by atoms with Gasteiger partial charge in [-0.15, -0.1) is 0 Å². The molecule has 0 radical (unpaired) electrons. The Morgan fingerprint density at radius 3 is 2.54 bits per heavy atom.